The molecule has 0 radical (unpaired) electrons. The Hall–Kier alpha value is -3.14. The molecular formula is C14H9BrN8O. The first-order valence-corrected chi connectivity index (χ1v) is 7.63. The Morgan fingerprint density at radius 1 is 1.12 bits per heavy atom. The highest BCUT2D eigenvalue weighted by Gasteiger charge is 2.18. The smallest absolute Gasteiger partial charge is 0.280 e. The van der Waals surface area contributed by atoms with Crippen LogP contribution in [0.5, 0.6) is 0 Å². The van der Waals surface area contributed by atoms with E-state index in [-0.39, 0.29) is 11.6 Å². The largest absolute Gasteiger partial charge is 0.291 e. The van der Waals surface area contributed by atoms with Crippen LogP contribution >= 0.6 is 15.9 Å². The van der Waals surface area contributed by atoms with Crippen molar-refractivity contribution in [3.8, 4) is 5.82 Å². The zero-order valence-electron chi connectivity index (χ0n) is 12.0. The zero-order chi connectivity index (χ0) is 16.5. The predicted molar refractivity (Wildman–Crippen MR) is 87.8 cm³/mol. The molecule has 4 aromatic rings. The first kappa shape index (κ1) is 14.5. The number of fused-ring (bicyclic) bond motifs is 1. The zero-order valence-corrected chi connectivity index (χ0v) is 13.6. The van der Waals surface area contributed by atoms with E-state index in [1.807, 2.05) is 6.07 Å². The summed E-state index contributed by atoms with van der Waals surface area (Å²) < 4.78 is 3.87. The Morgan fingerprint density at radius 2 is 2.04 bits per heavy atom. The summed E-state index contributed by atoms with van der Waals surface area (Å²) in [7, 11) is 0. The molecule has 0 saturated carbocycles. The Bertz CT molecular complexity index is 1030. The molecule has 0 aromatic carbocycles. The number of aromatic nitrogens is 7. The maximum absolute atomic E-state index is 12.6. The van der Waals surface area contributed by atoms with Crippen molar-refractivity contribution >= 4 is 33.4 Å². The third kappa shape index (κ3) is 2.42. The minimum Gasteiger partial charge on any atom is -0.291 e. The first-order valence-electron chi connectivity index (χ1n) is 6.84. The molecule has 1 amide bonds. The Kier molecular flexibility index (Phi) is 3.50. The van der Waals surface area contributed by atoms with Gasteiger partial charge in [0.15, 0.2) is 17.2 Å². The summed E-state index contributed by atoms with van der Waals surface area (Å²) in [5.74, 6) is 0.344. The van der Waals surface area contributed by atoms with Crippen molar-refractivity contribution in [2.45, 2.75) is 0 Å². The van der Waals surface area contributed by atoms with Crippen LogP contribution in [0.2, 0.25) is 0 Å². The number of nitrogens with zero attached hydrogens (tertiary/aromatic N) is 7. The van der Waals surface area contributed by atoms with Gasteiger partial charge in [-0.2, -0.15) is 14.8 Å². The number of halogens is 1. The van der Waals surface area contributed by atoms with Gasteiger partial charge in [-0.15, -0.1) is 0 Å². The summed E-state index contributed by atoms with van der Waals surface area (Å²) >= 11 is 3.36. The van der Waals surface area contributed by atoms with Crippen LogP contribution in [-0.2, 0) is 0 Å². The van der Waals surface area contributed by atoms with Crippen molar-refractivity contribution in [1.82, 2.24) is 34.1 Å². The molecule has 0 aliphatic rings. The van der Waals surface area contributed by atoms with Gasteiger partial charge in [0.05, 0.1) is 6.20 Å². The summed E-state index contributed by atoms with van der Waals surface area (Å²) in [6.07, 6.45) is 7.80. The van der Waals surface area contributed by atoms with E-state index in [0.29, 0.717) is 11.5 Å². The summed E-state index contributed by atoms with van der Waals surface area (Å²) in [6, 6.07) is 5.37. The minimum absolute atomic E-state index is 0.179. The monoisotopic (exact) mass is 384 g/mol. The topological polar surface area (TPSA) is 103 Å². The van der Waals surface area contributed by atoms with E-state index in [1.54, 1.807) is 35.1 Å². The second-order valence-corrected chi connectivity index (χ2v) is 5.50. The number of pyridine rings is 1. The van der Waals surface area contributed by atoms with Crippen LogP contribution in [0.1, 0.15) is 10.5 Å². The Morgan fingerprint density at radius 3 is 2.88 bits per heavy atom. The molecule has 4 rings (SSSR count). The fourth-order valence-electron chi connectivity index (χ4n) is 2.18. The molecule has 0 aliphatic heterocycles. The molecular weight excluding hydrogens is 376 g/mol. The van der Waals surface area contributed by atoms with Crippen molar-refractivity contribution in [2.75, 3.05) is 5.32 Å². The second kappa shape index (κ2) is 5.81. The molecule has 4 aromatic heterocycles. The lowest BCUT2D eigenvalue weighted by Crippen LogP contribution is -2.18. The van der Waals surface area contributed by atoms with Gasteiger partial charge in [0.1, 0.15) is 10.9 Å². The molecule has 10 heteroatoms. The van der Waals surface area contributed by atoms with Gasteiger partial charge >= 0.3 is 0 Å². The molecule has 4 heterocycles. The Balaban J connectivity index is 1.69. The quantitative estimate of drug-likeness (QED) is 0.576. The van der Waals surface area contributed by atoms with Crippen LogP contribution in [0, 0.1) is 0 Å². The van der Waals surface area contributed by atoms with Crippen LogP contribution in [-0.4, -0.2) is 40.0 Å². The van der Waals surface area contributed by atoms with Crippen LogP contribution in [0.25, 0.3) is 11.5 Å². The van der Waals surface area contributed by atoms with Crippen LogP contribution < -0.4 is 5.32 Å². The number of hydrogen-bond acceptors (Lipinski definition) is 6. The number of hydrogen-bond donors (Lipinski definition) is 1. The maximum atomic E-state index is 12.6. The van der Waals surface area contributed by atoms with E-state index >= 15 is 0 Å². The fourth-order valence-corrected chi connectivity index (χ4v) is 2.57. The van der Waals surface area contributed by atoms with E-state index in [1.165, 1.54) is 17.2 Å². The van der Waals surface area contributed by atoms with Gasteiger partial charge in [0.25, 0.3) is 5.91 Å². The highest BCUT2D eigenvalue weighted by atomic mass is 79.9. The SMILES string of the molecule is O=C(Nc1ncnn1-c1ccccn1)c1nccn2c(Br)cnc12. The van der Waals surface area contributed by atoms with Crippen LogP contribution in [0.15, 0.2) is 53.9 Å². The van der Waals surface area contributed by atoms with Crippen LogP contribution in [0.3, 0.4) is 0 Å². The van der Waals surface area contributed by atoms with Crippen molar-refractivity contribution < 1.29 is 4.79 Å². The molecule has 0 aliphatic carbocycles. The lowest BCUT2D eigenvalue weighted by Gasteiger charge is -2.06. The molecule has 0 fully saturated rings. The van der Waals surface area contributed by atoms with Crippen molar-refractivity contribution in [3.63, 3.8) is 0 Å². The summed E-state index contributed by atoms with van der Waals surface area (Å²) in [5, 5.41) is 6.77. The summed E-state index contributed by atoms with van der Waals surface area (Å²) in [4.78, 5) is 29.1. The molecule has 0 atom stereocenters. The first-order chi connectivity index (χ1) is 11.7. The number of imidazole rings is 1. The van der Waals surface area contributed by atoms with Crippen molar-refractivity contribution in [3.05, 3.63) is 59.6 Å². The number of carbonyl (C=O) groups excluding carboxylic acids is 1. The van der Waals surface area contributed by atoms with Crippen LogP contribution in [0.4, 0.5) is 5.95 Å². The lowest BCUT2D eigenvalue weighted by atomic mass is 10.4. The number of amides is 1. The maximum Gasteiger partial charge on any atom is 0.280 e. The van der Waals surface area contributed by atoms with Gasteiger partial charge in [-0.05, 0) is 28.1 Å². The van der Waals surface area contributed by atoms with E-state index in [9.17, 15) is 4.79 Å². The molecule has 24 heavy (non-hydrogen) atoms. The van der Waals surface area contributed by atoms with Gasteiger partial charge in [-0.1, -0.05) is 6.07 Å². The normalized spacial score (nSPS) is 10.9. The third-order valence-electron chi connectivity index (χ3n) is 3.24. The number of anilines is 1. The van der Waals surface area contributed by atoms with Gasteiger partial charge in [0, 0.05) is 18.6 Å². The fraction of sp³-hybridized carbons (Fsp3) is 0. The molecule has 9 nitrogen and oxygen atoms in total. The van der Waals surface area contributed by atoms with Gasteiger partial charge in [-0.3, -0.25) is 14.5 Å². The van der Waals surface area contributed by atoms with Crippen molar-refractivity contribution in [2.24, 2.45) is 0 Å². The summed E-state index contributed by atoms with van der Waals surface area (Å²) in [5.41, 5.74) is 0.615. The highest BCUT2D eigenvalue weighted by Crippen LogP contribution is 2.16. The van der Waals surface area contributed by atoms with E-state index in [0.717, 1.165) is 4.60 Å². The lowest BCUT2D eigenvalue weighted by molar-refractivity contribution is 0.102. The number of nitrogens with one attached hydrogen (secondary N) is 1. The molecule has 0 saturated heterocycles. The highest BCUT2D eigenvalue weighted by molar-refractivity contribution is 9.10. The number of rotatable bonds is 3. The van der Waals surface area contributed by atoms with Crippen molar-refractivity contribution in [1.29, 1.82) is 0 Å². The average Bonchev–Trinajstić information content (AvgIpc) is 3.22. The standard InChI is InChI=1S/C14H9BrN8O/c15-9-7-18-12-11(17-5-6-22(9)12)13(24)21-14-19-8-20-23(14)10-3-1-2-4-16-10/h1-8H,(H,19,20,21,24). The Labute approximate surface area is 143 Å². The molecule has 1 N–H and O–H groups in total. The van der Waals surface area contributed by atoms with Gasteiger partial charge < -0.3 is 0 Å². The molecule has 0 spiro atoms. The molecule has 0 unspecified atom stereocenters. The number of carbonyl (C=O) groups is 1. The second-order valence-electron chi connectivity index (χ2n) is 4.69. The predicted octanol–water partition coefficient (Wildman–Crippen LogP) is 1.72. The minimum atomic E-state index is -0.441. The van der Waals surface area contributed by atoms with Gasteiger partial charge in [0.2, 0.25) is 5.95 Å². The van der Waals surface area contributed by atoms with E-state index in [2.05, 4.69) is 46.3 Å². The molecule has 0 bridgehead atoms. The van der Waals surface area contributed by atoms with Gasteiger partial charge in [-0.25, -0.2) is 15.0 Å². The third-order valence-corrected chi connectivity index (χ3v) is 3.82. The van der Waals surface area contributed by atoms with E-state index < -0.39 is 5.91 Å². The van der Waals surface area contributed by atoms with E-state index in [4.69, 9.17) is 0 Å². The molecule has 118 valence electrons. The average molecular weight is 385 g/mol. The summed E-state index contributed by atoms with van der Waals surface area (Å²) in [6.45, 7) is 0.